The molecule has 5 heteroatoms. The number of fused-ring (bicyclic) bond motifs is 1. The van der Waals surface area contributed by atoms with Gasteiger partial charge in [-0.15, -0.1) is 0 Å². The van der Waals surface area contributed by atoms with Crippen LogP contribution in [0.15, 0.2) is 48.7 Å². The average molecular weight is 335 g/mol. The lowest BCUT2D eigenvalue weighted by molar-refractivity contribution is -0.119. The monoisotopic (exact) mass is 335 g/mol. The van der Waals surface area contributed by atoms with Crippen molar-refractivity contribution in [2.45, 2.75) is 26.3 Å². The largest absolute Gasteiger partial charge is 0.368 e. The quantitative estimate of drug-likeness (QED) is 0.669. The highest BCUT2D eigenvalue weighted by Crippen LogP contribution is 2.19. The van der Waals surface area contributed by atoms with E-state index in [-0.39, 0.29) is 5.91 Å². The summed E-state index contributed by atoms with van der Waals surface area (Å²) in [6.45, 7) is 3.86. The standard InChI is InChI=1S/C20H21N3O2/c1-12-7-13(2)9-14(8-12)20(25)23-18(19(21)24)10-15-11-22-17-6-4-3-5-16(15)17/h3-9,11,18,22H,10H2,1-2H3,(H2,21,24)(H,23,25)/t18-/m1/s1. The molecule has 4 N–H and O–H groups in total. The Morgan fingerprint density at radius 1 is 1.12 bits per heavy atom. The molecule has 2 aromatic carbocycles. The molecular formula is C20H21N3O2. The van der Waals surface area contributed by atoms with Crippen molar-refractivity contribution in [3.8, 4) is 0 Å². The summed E-state index contributed by atoms with van der Waals surface area (Å²) in [5, 5.41) is 3.79. The molecule has 2 amide bonds. The van der Waals surface area contributed by atoms with Crippen LogP contribution < -0.4 is 11.1 Å². The lowest BCUT2D eigenvalue weighted by Crippen LogP contribution is -2.45. The minimum Gasteiger partial charge on any atom is -0.368 e. The Morgan fingerprint density at radius 3 is 2.48 bits per heavy atom. The van der Waals surface area contributed by atoms with E-state index in [1.165, 1.54) is 0 Å². The summed E-state index contributed by atoms with van der Waals surface area (Å²) >= 11 is 0. The molecule has 3 aromatic rings. The number of primary amides is 1. The Balaban J connectivity index is 1.82. The number of carbonyl (C=O) groups is 2. The fraction of sp³-hybridized carbons (Fsp3) is 0.200. The number of hydrogen-bond donors (Lipinski definition) is 3. The number of nitrogens with one attached hydrogen (secondary N) is 2. The van der Waals surface area contributed by atoms with Crippen LogP contribution in [0.2, 0.25) is 0 Å². The maximum Gasteiger partial charge on any atom is 0.251 e. The van der Waals surface area contributed by atoms with Crippen molar-refractivity contribution in [2.75, 3.05) is 0 Å². The number of para-hydroxylation sites is 1. The maximum atomic E-state index is 12.5. The molecule has 0 spiro atoms. The Morgan fingerprint density at radius 2 is 1.80 bits per heavy atom. The van der Waals surface area contributed by atoms with E-state index < -0.39 is 11.9 Å². The molecule has 1 aromatic heterocycles. The van der Waals surface area contributed by atoms with Gasteiger partial charge < -0.3 is 16.0 Å². The molecule has 0 aliphatic rings. The smallest absolute Gasteiger partial charge is 0.251 e. The van der Waals surface area contributed by atoms with Crippen LogP contribution in [0.4, 0.5) is 0 Å². The molecule has 5 nitrogen and oxygen atoms in total. The summed E-state index contributed by atoms with van der Waals surface area (Å²) in [6, 6.07) is 12.6. The molecule has 0 unspecified atom stereocenters. The van der Waals surface area contributed by atoms with Gasteiger partial charge in [-0.1, -0.05) is 35.4 Å². The highest BCUT2D eigenvalue weighted by Gasteiger charge is 2.21. The van der Waals surface area contributed by atoms with Crippen molar-refractivity contribution in [1.82, 2.24) is 10.3 Å². The van der Waals surface area contributed by atoms with E-state index in [0.29, 0.717) is 12.0 Å². The predicted octanol–water partition coefficient (Wildman–Crippen LogP) is 2.61. The van der Waals surface area contributed by atoms with Crippen molar-refractivity contribution in [1.29, 1.82) is 0 Å². The zero-order valence-corrected chi connectivity index (χ0v) is 14.3. The zero-order chi connectivity index (χ0) is 18.0. The van der Waals surface area contributed by atoms with Gasteiger partial charge in [-0.25, -0.2) is 0 Å². The van der Waals surface area contributed by atoms with Crippen LogP contribution >= 0.6 is 0 Å². The third-order valence-corrected chi connectivity index (χ3v) is 4.23. The number of rotatable bonds is 5. The molecule has 0 bridgehead atoms. The molecule has 1 atom stereocenters. The molecule has 0 fully saturated rings. The Kier molecular flexibility index (Phi) is 4.57. The summed E-state index contributed by atoms with van der Waals surface area (Å²) in [5.41, 5.74) is 9.98. The Labute approximate surface area is 146 Å². The topological polar surface area (TPSA) is 88.0 Å². The van der Waals surface area contributed by atoms with Gasteiger partial charge in [0.2, 0.25) is 5.91 Å². The SMILES string of the molecule is Cc1cc(C)cc(C(=O)N[C@H](Cc2c[nH]c3ccccc23)C(N)=O)c1. The first-order valence-electron chi connectivity index (χ1n) is 8.17. The van der Waals surface area contributed by atoms with Crippen molar-refractivity contribution in [3.05, 3.63) is 70.9 Å². The van der Waals surface area contributed by atoms with Crippen molar-refractivity contribution < 1.29 is 9.59 Å². The van der Waals surface area contributed by atoms with Crippen molar-refractivity contribution in [3.63, 3.8) is 0 Å². The van der Waals surface area contributed by atoms with Crippen LogP contribution in [0.1, 0.15) is 27.0 Å². The van der Waals surface area contributed by atoms with Crippen LogP contribution in [0.25, 0.3) is 10.9 Å². The van der Waals surface area contributed by atoms with Gasteiger partial charge in [-0.05, 0) is 37.6 Å². The predicted molar refractivity (Wildman–Crippen MR) is 98.4 cm³/mol. The molecule has 0 saturated carbocycles. The van der Waals surface area contributed by atoms with Gasteiger partial charge in [0.1, 0.15) is 6.04 Å². The zero-order valence-electron chi connectivity index (χ0n) is 14.3. The molecule has 0 radical (unpaired) electrons. The molecule has 0 aliphatic carbocycles. The van der Waals surface area contributed by atoms with Crippen LogP contribution in [0.5, 0.6) is 0 Å². The summed E-state index contributed by atoms with van der Waals surface area (Å²) in [4.78, 5) is 27.6. The normalized spacial score (nSPS) is 12.1. The van der Waals surface area contributed by atoms with Gasteiger partial charge >= 0.3 is 0 Å². The van der Waals surface area contributed by atoms with Crippen molar-refractivity contribution >= 4 is 22.7 Å². The van der Waals surface area contributed by atoms with Gasteiger partial charge in [0.05, 0.1) is 0 Å². The number of carbonyl (C=O) groups excluding carboxylic acids is 2. The highest BCUT2D eigenvalue weighted by atomic mass is 16.2. The Bertz CT molecular complexity index is 923. The Hall–Kier alpha value is -3.08. The number of hydrogen-bond acceptors (Lipinski definition) is 2. The fourth-order valence-corrected chi connectivity index (χ4v) is 3.09. The van der Waals surface area contributed by atoms with E-state index in [2.05, 4.69) is 10.3 Å². The minimum atomic E-state index is -0.771. The number of H-pyrrole nitrogens is 1. The third kappa shape index (κ3) is 3.71. The molecule has 1 heterocycles. The number of aromatic nitrogens is 1. The van der Waals surface area contributed by atoms with E-state index in [1.807, 2.05) is 50.4 Å². The van der Waals surface area contributed by atoms with E-state index >= 15 is 0 Å². The average Bonchev–Trinajstić information content (AvgIpc) is 2.96. The summed E-state index contributed by atoms with van der Waals surface area (Å²) in [6.07, 6.45) is 2.19. The third-order valence-electron chi connectivity index (χ3n) is 4.23. The van der Waals surface area contributed by atoms with Crippen molar-refractivity contribution in [2.24, 2.45) is 5.73 Å². The summed E-state index contributed by atoms with van der Waals surface area (Å²) < 4.78 is 0. The van der Waals surface area contributed by atoms with E-state index in [1.54, 1.807) is 12.1 Å². The lowest BCUT2D eigenvalue weighted by atomic mass is 10.0. The molecule has 3 rings (SSSR count). The first-order valence-corrected chi connectivity index (χ1v) is 8.17. The molecular weight excluding hydrogens is 314 g/mol. The second-order valence-corrected chi connectivity index (χ2v) is 6.37. The number of aryl methyl sites for hydroxylation is 2. The fourth-order valence-electron chi connectivity index (χ4n) is 3.09. The molecule has 25 heavy (non-hydrogen) atoms. The molecule has 128 valence electrons. The first kappa shape index (κ1) is 16.8. The first-order chi connectivity index (χ1) is 11.9. The van der Waals surface area contributed by atoms with Gasteiger partial charge in [-0.2, -0.15) is 0 Å². The van der Waals surface area contributed by atoms with E-state index in [0.717, 1.165) is 27.6 Å². The number of amides is 2. The molecule has 0 aliphatic heterocycles. The highest BCUT2D eigenvalue weighted by molar-refractivity contribution is 5.98. The number of nitrogens with two attached hydrogens (primary N) is 1. The van der Waals surface area contributed by atoms with Gasteiger partial charge in [0, 0.05) is 29.1 Å². The second-order valence-electron chi connectivity index (χ2n) is 6.37. The van der Waals surface area contributed by atoms with E-state index in [4.69, 9.17) is 5.73 Å². The van der Waals surface area contributed by atoms with Crippen LogP contribution in [0, 0.1) is 13.8 Å². The number of aromatic amines is 1. The van der Waals surface area contributed by atoms with Crippen LogP contribution in [-0.4, -0.2) is 22.8 Å². The van der Waals surface area contributed by atoms with Crippen LogP contribution in [-0.2, 0) is 11.2 Å². The molecule has 0 saturated heterocycles. The van der Waals surface area contributed by atoms with E-state index in [9.17, 15) is 9.59 Å². The van der Waals surface area contributed by atoms with Gasteiger partial charge in [0.15, 0.2) is 0 Å². The lowest BCUT2D eigenvalue weighted by Gasteiger charge is -2.16. The number of benzene rings is 2. The van der Waals surface area contributed by atoms with Gasteiger partial charge in [-0.3, -0.25) is 9.59 Å². The summed E-state index contributed by atoms with van der Waals surface area (Å²) in [5.74, 6) is -0.849. The summed E-state index contributed by atoms with van der Waals surface area (Å²) in [7, 11) is 0. The van der Waals surface area contributed by atoms with Gasteiger partial charge in [0.25, 0.3) is 5.91 Å². The van der Waals surface area contributed by atoms with Crippen LogP contribution in [0.3, 0.4) is 0 Å². The maximum absolute atomic E-state index is 12.5. The second kappa shape index (κ2) is 6.81. The minimum absolute atomic E-state index is 0.296.